The summed E-state index contributed by atoms with van der Waals surface area (Å²) >= 11 is 0. The number of nitrogens with zero attached hydrogens (tertiary/aromatic N) is 2. The standard InChI is InChI=1S/C64H67N3O.Pt/c1-42(2)33-43-25-30-58(55(34-43)47-21-16-13-17-22-47)67(41-51-38-53(63(6,7)8)40-56(61(51)68)64(9,10)11)59-24-18-23-54(60(59)65)49-35-50(37-52(36-49)62(3,4)5)57-39-48(31-32-66-57)46-28-26-45(27-29-46)44-19-14-12-15-20-44;/h12-32,34,36-40,42,65,68H,33,41H2,1-11H3;/q-2;+2. The molecule has 5 heteroatoms. The van der Waals surface area contributed by atoms with Crippen LogP contribution in [-0.2, 0) is 50.3 Å². The van der Waals surface area contributed by atoms with Gasteiger partial charge in [0.2, 0.25) is 0 Å². The van der Waals surface area contributed by atoms with Crippen LogP contribution in [0.5, 0.6) is 5.75 Å². The minimum atomic E-state index is -0.300. The second kappa shape index (κ2) is 20.4. The molecule has 0 amide bonds. The van der Waals surface area contributed by atoms with Crippen LogP contribution in [-0.4, -0.2) is 10.1 Å². The number of hydrogen-bond donors (Lipinski definition) is 1. The van der Waals surface area contributed by atoms with Gasteiger partial charge in [-0.05, 0) is 103 Å². The average molecular weight is 1090 g/mol. The van der Waals surface area contributed by atoms with Gasteiger partial charge in [-0.1, -0.05) is 203 Å². The van der Waals surface area contributed by atoms with Crippen molar-refractivity contribution in [3.8, 4) is 61.5 Å². The van der Waals surface area contributed by atoms with E-state index in [1.54, 1.807) is 0 Å². The molecule has 0 saturated carbocycles. The fourth-order valence-electron chi connectivity index (χ4n) is 9.07. The summed E-state index contributed by atoms with van der Waals surface area (Å²) < 4.78 is 0. The molecule has 0 aliphatic carbocycles. The Labute approximate surface area is 427 Å². The molecule has 0 atom stereocenters. The van der Waals surface area contributed by atoms with Gasteiger partial charge in [0.1, 0.15) is 5.75 Å². The first-order valence-corrected chi connectivity index (χ1v) is 24.1. The van der Waals surface area contributed by atoms with Crippen molar-refractivity contribution in [1.29, 1.82) is 0 Å². The molecule has 0 aliphatic rings. The van der Waals surface area contributed by atoms with Crippen molar-refractivity contribution in [1.82, 2.24) is 4.98 Å². The number of hydrogen-bond acceptors (Lipinski definition) is 3. The summed E-state index contributed by atoms with van der Waals surface area (Å²) in [5.74, 6) is 0.785. The van der Waals surface area contributed by atoms with Crippen molar-refractivity contribution in [2.45, 2.75) is 105 Å². The van der Waals surface area contributed by atoms with Gasteiger partial charge in [0, 0.05) is 34.4 Å². The van der Waals surface area contributed by atoms with Crippen molar-refractivity contribution in [2.24, 2.45) is 5.92 Å². The number of rotatable bonds is 11. The van der Waals surface area contributed by atoms with Gasteiger partial charge in [-0.25, -0.2) is 0 Å². The largest absolute Gasteiger partial charge is 2.00 e. The number of pyridine rings is 1. The zero-order chi connectivity index (χ0) is 48.5. The first kappa shape index (κ1) is 50.6. The summed E-state index contributed by atoms with van der Waals surface area (Å²) in [5, 5.41) is 12.3. The monoisotopic (exact) mass is 1090 g/mol. The van der Waals surface area contributed by atoms with Crippen LogP contribution >= 0.6 is 0 Å². The van der Waals surface area contributed by atoms with E-state index in [0.717, 1.165) is 84.7 Å². The SMILES string of the molecule is CC(C)Cc1ccc(N(Cc2cc(C(C)(C)C)cc(C(C)(C)C)c2O)c2cccc(-c3[c-]c(-c4cc(-c5ccc(-c6ccccc6)cc5)ccn4)cc(C(C)(C)C)c3)c2[NH-])c(-c2ccccc2)c1.[Pt+2]. The number of nitrogens with one attached hydrogen (secondary N) is 1. The van der Waals surface area contributed by atoms with E-state index in [4.69, 9.17) is 4.98 Å². The summed E-state index contributed by atoms with van der Waals surface area (Å²) in [7, 11) is 0. The van der Waals surface area contributed by atoms with E-state index in [1.165, 1.54) is 16.7 Å². The molecule has 2 N–H and O–H groups in total. The van der Waals surface area contributed by atoms with Gasteiger partial charge in [0.05, 0.1) is 6.54 Å². The maximum Gasteiger partial charge on any atom is 2.00 e. The third kappa shape index (κ3) is 11.5. The Balaban J connectivity index is 0.00000703. The summed E-state index contributed by atoms with van der Waals surface area (Å²) in [6, 6.07) is 59.4. The predicted molar refractivity (Wildman–Crippen MR) is 289 cm³/mol. The second-order valence-corrected chi connectivity index (χ2v) is 22.0. The number of aromatic hydroxyl groups is 1. The van der Waals surface area contributed by atoms with Crippen LogP contribution in [0.3, 0.4) is 0 Å². The van der Waals surface area contributed by atoms with Crippen molar-refractivity contribution in [3.63, 3.8) is 0 Å². The molecular formula is C64H67N3OPt. The molecule has 354 valence electrons. The smallest absolute Gasteiger partial charge is 0.703 e. The minimum absolute atomic E-state index is 0. The van der Waals surface area contributed by atoms with Crippen LogP contribution < -0.4 is 4.90 Å². The van der Waals surface area contributed by atoms with Gasteiger partial charge in [-0.3, -0.25) is 4.98 Å². The fourth-order valence-corrected chi connectivity index (χ4v) is 9.07. The number of benzene rings is 7. The van der Waals surface area contributed by atoms with E-state index in [9.17, 15) is 10.8 Å². The summed E-state index contributed by atoms with van der Waals surface area (Å²) in [6.45, 7) is 24.7. The van der Waals surface area contributed by atoms with E-state index in [1.807, 2.05) is 18.3 Å². The van der Waals surface area contributed by atoms with Crippen molar-refractivity contribution in [3.05, 3.63) is 204 Å². The van der Waals surface area contributed by atoms with E-state index in [2.05, 4.69) is 233 Å². The summed E-state index contributed by atoms with van der Waals surface area (Å²) in [6.07, 6.45) is 2.83. The zero-order valence-corrected chi connectivity index (χ0v) is 44.5. The molecule has 0 aliphatic heterocycles. The maximum atomic E-state index is 12.3. The van der Waals surface area contributed by atoms with Gasteiger partial charge in [-0.15, -0.1) is 35.0 Å². The Morgan fingerprint density at radius 1 is 0.551 bits per heavy atom. The molecule has 4 nitrogen and oxygen atoms in total. The third-order valence-electron chi connectivity index (χ3n) is 13.0. The number of phenolic OH excluding ortho intramolecular Hbond substituents is 1. The Bertz CT molecular complexity index is 3040. The van der Waals surface area contributed by atoms with Crippen molar-refractivity contribution < 1.29 is 26.2 Å². The predicted octanol–water partition coefficient (Wildman–Crippen LogP) is 18.0. The molecule has 8 aromatic rings. The van der Waals surface area contributed by atoms with Gasteiger partial charge in [0.15, 0.2) is 0 Å². The Morgan fingerprint density at radius 2 is 1.13 bits per heavy atom. The zero-order valence-electron chi connectivity index (χ0n) is 42.2. The Hall–Kier alpha value is -6.22. The van der Waals surface area contributed by atoms with Gasteiger partial charge in [0.25, 0.3) is 0 Å². The van der Waals surface area contributed by atoms with Crippen LogP contribution in [0.25, 0.3) is 61.5 Å². The molecule has 0 bridgehead atoms. The van der Waals surface area contributed by atoms with Gasteiger partial charge in [-0.2, -0.15) is 0 Å². The number of anilines is 2. The van der Waals surface area contributed by atoms with Crippen LogP contribution in [0.2, 0.25) is 0 Å². The Kier molecular flexibility index (Phi) is 15.0. The quantitative estimate of drug-likeness (QED) is 0.131. The molecule has 0 spiro atoms. The molecule has 1 aromatic heterocycles. The topological polar surface area (TPSA) is 60.2 Å². The van der Waals surface area contributed by atoms with E-state index >= 15 is 0 Å². The molecule has 7 aromatic carbocycles. The molecule has 0 fully saturated rings. The molecule has 0 saturated heterocycles. The van der Waals surface area contributed by atoms with Crippen LogP contribution in [0.1, 0.15) is 104 Å². The molecular weight excluding hydrogens is 1020 g/mol. The molecule has 0 radical (unpaired) electrons. The van der Waals surface area contributed by atoms with E-state index in [-0.39, 0.29) is 37.3 Å². The van der Waals surface area contributed by atoms with Crippen molar-refractivity contribution >= 4 is 17.1 Å². The van der Waals surface area contributed by atoms with Gasteiger partial charge < -0.3 is 15.7 Å². The number of phenols is 1. The van der Waals surface area contributed by atoms with Gasteiger partial charge >= 0.3 is 21.1 Å². The normalized spacial score (nSPS) is 11.9. The number of aromatic nitrogens is 1. The van der Waals surface area contributed by atoms with E-state index in [0.29, 0.717) is 23.9 Å². The van der Waals surface area contributed by atoms with Crippen molar-refractivity contribution in [2.75, 3.05) is 4.90 Å². The Morgan fingerprint density at radius 3 is 1.74 bits per heavy atom. The average Bonchev–Trinajstić information content (AvgIpc) is 3.31. The fraction of sp³-hybridized carbons (Fsp3) is 0.266. The van der Waals surface area contributed by atoms with Crippen LogP contribution in [0.15, 0.2) is 164 Å². The summed E-state index contributed by atoms with van der Waals surface area (Å²) in [4.78, 5) is 7.18. The minimum Gasteiger partial charge on any atom is -0.703 e. The van der Waals surface area contributed by atoms with E-state index < -0.39 is 0 Å². The molecule has 8 rings (SSSR count). The molecule has 1 heterocycles. The van der Waals surface area contributed by atoms with Crippen LogP contribution in [0.4, 0.5) is 17.1 Å². The first-order chi connectivity index (χ1) is 32.2. The molecule has 69 heavy (non-hydrogen) atoms. The molecule has 0 unspecified atom stereocenters. The summed E-state index contributed by atoms with van der Waals surface area (Å²) in [5.41, 5.74) is 27.0. The first-order valence-electron chi connectivity index (χ1n) is 24.1. The second-order valence-electron chi connectivity index (χ2n) is 22.0. The third-order valence-corrected chi connectivity index (χ3v) is 13.0. The van der Waals surface area contributed by atoms with Crippen LogP contribution in [0, 0.1) is 12.0 Å². The maximum absolute atomic E-state index is 12.3.